The summed E-state index contributed by atoms with van der Waals surface area (Å²) >= 11 is 0. The van der Waals surface area contributed by atoms with Crippen LogP contribution < -0.4 is 10.1 Å². The summed E-state index contributed by atoms with van der Waals surface area (Å²) in [5.41, 5.74) is 1.61. The largest absolute Gasteiger partial charge is 0.497 e. The van der Waals surface area contributed by atoms with Crippen LogP contribution in [0.2, 0.25) is 0 Å². The molecule has 0 radical (unpaired) electrons. The molecule has 116 valence electrons. The molecule has 22 heavy (non-hydrogen) atoms. The summed E-state index contributed by atoms with van der Waals surface area (Å²) in [5.74, 6) is 2.01. The van der Waals surface area contributed by atoms with E-state index in [1.807, 2.05) is 24.3 Å². The molecule has 1 aliphatic carbocycles. The number of nitrogens with one attached hydrogen (secondary N) is 1. The Kier molecular flexibility index (Phi) is 4.42. The maximum atomic E-state index is 11.9. The molecule has 0 aliphatic heterocycles. The fourth-order valence-corrected chi connectivity index (χ4v) is 2.33. The van der Waals surface area contributed by atoms with Crippen LogP contribution in [0.1, 0.15) is 47.0 Å². The van der Waals surface area contributed by atoms with Gasteiger partial charge in [0.25, 0.3) is 5.91 Å². The zero-order valence-electron chi connectivity index (χ0n) is 12.7. The average molecular weight is 300 g/mol. The van der Waals surface area contributed by atoms with Gasteiger partial charge in [0.15, 0.2) is 5.69 Å². The van der Waals surface area contributed by atoms with E-state index >= 15 is 0 Å². The van der Waals surface area contributed by atoms with Gasteiger partial charge in [0.05, 0.1) is 7.11 Å². The van der Waals surface area contributed by atoms with E-state index in [0.29, 0.717) is 18.2 Å². The summed E-state index contributed by atoms with van der Waals surface area (Å²) in [5, 5.41) is 6.71. The molecular formula is C17H20N2O3. The summed E-state index contributed by atoms with van der Waals surface area (Å²) in [4.78, 5) is 11.9. The van der Waals surface area contributed by atoms with Crippen molar-refractivity contribution in [2.24, 2.45) is 0 Å². The number of carbonyl (C=O) groups is 1. The highest BCUT2D eigenvalue weighted by Gasteiger charge is 2.28. The minimum absolute atomic E-state index is 0.162. The van der Waals surface area contributed by atoms with E-state index in [9.17, 15) is 4.79 Å². The predicted octanol–water partition coefficient (Wildman–Crippen LogP) is 2.92. The van der Waals surface area contributed by atoms with Gasteiger partial charge in [-0.1, -0.05) is 17.3 Å². The van der Waals surface area contributed by atoms with Gasteiger partial charge in [-0.2, -0.15) is 0 Å². The number of benzene rings is 1. The molecule has 1 amide bonds. The molecule has 0 unspecified atom stereocenters. The SMILES string of the molecule is COc1ccc(CCCNC(=O)c2cc(C3CC3)on2)cc1. The maximum Gasteiger partial charge on any atom is 0.273 e. The molecule has 1 fully saturated rings. The monoisotopic (exact) mass is 300 g/mol. The van der Waals surface area contributed by atoms with Crippen molar-refractivity contribution < 1.29 is 14.1 Å². The van der Waals surface area contributed by atoms with Crippen molar-refractivity contribution in [3.8, 4) is 5.75 Å². The molecule has 1 aliphatic rings. The van der Waals surface area contributed by atoms with Gasteiger partial charge in [0.2, 0.25) is 0 Å². The highest BCUT2D eigenvalue weighted by Crippen LogP contribution is 2.40. The molecule has 1 aromatic heterocycles. The molecule has 1 heterocycles. The van der Waals surface area contributed by atoms with E-state index in [2.05, 4.69) is 10.5 Å². The second-order valence-corrected chi connectivity index (χ2v) is 5.60. The van der Waals surface area contributed by atoms with Gasteiger partial charge in [-0.15, -0.1) is 0 Å². The molecule has 1 saturated carbocycles. The van der Waals surface area contributed by atoms with Crippen molar-refractivity contribution in [1.29, 1.82) is 0 Å². The highest BCUT2D eigenvalue weighted by molar-refractivity contribution is 5.92. The minimum atomic E-state index is -0.162. The first kappa shape index (κ1) is 14.6. The first-order valence-corrected chi connectivity index (χ1v) is 7.64. The fourth-order valence-electron chi connectivity index (χ4n) is 2.33. The summed E-state index contributed by atoms with van der Waals surface area (Å²) in [7, 11) is 1.66. The second-order valence-electron chi connectivity index (χ2n) is 5.60. The quantitative estimate of drug-likeness (QED) is 0.799. The van der Waals surface area contributed by atoms with Crippen LogP contribution in [0.4, 0.5) is 0 Å². The summed E-state index contributed by atoms with van der Waals surface area (Å²) in [6.07, 6.45) is 4.07. The number of amides is 1. The van der Waals surface area contributed by atoms with Crippen LogP contribution in [0.3, 0.4) is 0 Å². The molecule has 3 rings (SSSR count). The predicted molar refractivity (Wildman–Crippen MR) is 82.1 cm³/mol. The number of aryl methyl sites for hydroxylation is 1. The molecule has 0 bridgehead atoms. The molecule has 1 aromatic carbocycles. The third-order valence-electron chi connectivity index (χ3n) is 3.83. The standard InChI is InChI=1S/C17H20N2O3/c1-21-14-8-4-12(5-9-14)3-2-10-18-17(20)15-11-16(22-19-15)13-6-7-13/h4-5,8-9,11,13H,2-3,6-7,10H2,1H3,(H,18,20). The normalized spacial score (nSPS) is 13.9. The van der Waals surface area contributed by atoms with Crippen LogP contribution in [-0.2, 0) is 6.42 Å². The average Bonchev–Trinajstić information content (AvgIpc) is 3.29. The number of methoxy groups -OCH3 is 1. The van der Waals surface area contributed by atoms with Crippen molar-refractivity contribution in [2.45, 2.75) is 31.6 Å². The number of nitrogens with zero attached hydrogens (tertiary/aromatic N) is 1. The number of hydrogen-bond donors (Lipinski definition) is 1. The van der Waals surface area contributed by atoms with E-state index in [-0.39, 0.29) is 5.91 Å². The lowest BCUT2D eigenvalue weighted by Gasteiger charge is -2.04. The summed E-state index contributed by atoms with van der Waals surface area (Å²) in [6.45, 7) is 0.622. The summed E-state index contributed by atoms with van der Waals surface area (Å²) in [6, 6.07) is 9.74. The highest BCUT2D eigenvalue weighted by atomic mass is 16.5. The Morgan fingerprint density at radius 1 is 1.36 bits per heavy atom. The van der Waals surface area contributed by atoms with Crippen molar-refractivity contribution >= 4 is 5.91 Å². The lowest BCUT2D eigenvalue weighted by atomic mass is 10.1. The van der Waals surface area contributed by atoms with Crippen LogP contribution in [0, 0.1) is 0 Å². The zero-order valence-corrected chi connectivity index (χ0v) is 12.7. The Morgan fingerprint density at radius 2 is 2.14 bits per heavy atom. The lowest BCUT2D eigenvalue weighted by Crippen LogP contribution is -2.25. The Morgan fingerprint density at radius 3 is 2.82 bits per heavy atom. The fraction of sp³-hybridized carbons (Fsp3) is 0.412. The zero-order chi connectivity index (χ0) is 15.4. The van der Waals surface area contributed by atoms with Crippen LogP contribution in [-0.4, -0.2) is 24.7 Å². The second kappa shape index (κ2) is 6.64. The third kappa shape index (κ3) is 3.67. The van der Waals surface area contributed by atoms with Crippen LogP contribution >= 0.6 is 0 Å². The number of carbonyl (C=O) groups excluding carboxylic acids is 1. The number of ether oxygens (including phenoxy) is 1. The number of hydrogen-bond acceptors (Lipinski definition) is 4. The van der Waals surface area contributed by atoms with Crippen LogP contribution in [0.15, 0.2) is 34.9 Å². The van der Waals surface area contributed by atoms with E-state index in [1.165, 1.54) is 5.56 Å². The smallest absolute Gasteiger partial charge is 0.273 e. The Labute approximate surface area is 129 Å². The lowest BCUT2D eigenvalue weighted by molar-refractivity contribution is 0.0944. The molecule has 1 N–H and O–H groups in total. The minimum Gasteiger partial charge on any atom is -0.497 e. The van der Waals surface area contributed by atoms with Gasteiger partial charge in [0, 0.05) is 18.5 Å². The van der Waals surface area contributed by atoms with Gasteiger partial charge in [-0.05, 0) is 43.4 Å². The molecule has 0 saturated heterocycles. The van der Waals surface area contributed by atoms with Crippen molar-refractivity contribution in [1.82, 2.24) is 10.5 Å². The molecule has 0 atom stereocenters. The van der Waals surface area contributed by atoms with Crippen LogP contribution in [0.25, 0.3) is 0 Å². The van der Waals surface area contributed by atoms with Gasteiger partial charge in [-0.25, -0.2) is 0 Å². The van der Waals surface area contributed by atoms with E-state index in [0.717, 1.165) is 37.2 Å². The Bertz CT molecular complexity index is 630. The molecule has 5 heteroatoms. The Balaban J connectivity index is 1.40. The maximum absolute atomic E-state index is 11.9. The number of rotatable bonds is 7. The van der Waals surface area contributed by atoms with Crippen molar-refractivity contribution in [3.63, 3.8) is 0 Å². The number of aromatic nitrogens is 1. The summed E-state index contributed by atoms with van der Waals surface area (Å²) < 4.78 is 10.3. The topological polar surface area (TPSA) is 64.4 Å². The first-order valence-electron chi connectivity index (χ1n) is 7.64. The van der Waals surface area contributed by atoms with Crippen molar-refractivity contribution in [2.75, 3.05) is 13.7 Å². The molecule has 0 spiro atoms. The van der Waals surface area contributed by atoms with Gasteiger partial charge in [0.1, 0.15) is 11.5 Å². The Hall–Kier alpha value is -2.30. The van der Waals surface area contributed by atoms with Crippen LogP contribution in [0.5, 0.6) is 5.75 Å². The molecule has 2 aromatic rings. The van der Waals surface area contributed by atoms with E-state index in [1.54, 1.807) is 13.2 Å². The van der Waals surface area contributed by atoms with Crippen molar-refractivity contribution in [3.05, 3.63) is 47.3 Å². The van der Waals surface area contributed by atoms with Gasteiger partial charge < -0.3 is 14.6 Å². The first-order chi connectivity index (χ1) is 10.8. The molecular weight excluding hydrogens is 280 g/mol. The van der Waals surface area contributed by atoms with E-state index < -0.39 is 0 Å². The molecule has 5 nitrogen and oxygen atoms in total. The van der Waals surface area contributed by atoms with Gasteiger partial charge in [-0.3, -0.25) is 4.79 Å². The third-order valence-corrected chi connectivity index (χ3v) is 3.83. The van der Waals surface area contributed by atoms with Gasteiger partial charge >= 0.3 is 0 Å². The van der Waals surface area contributed by atoms with E-state index in [4.69, 9.17) is 9.26 Å².